The number of benzene rings is 1. The lowest BCUT2D eigenvalue weighted by atomic mass is 10.1. The van der Waals surface area contributed by atoms with E-state index in [2.05, 4.69) is 0 Å². The van der Waals surface area contributed by atoms with Gasteiger partial charge in [-0.1, -0.05) is 13.8 Å². The Morgan fingerprint density at radius 3 is 2.48 bits per heavy atom. The van der Waals surface area contributed by atoms with Crippen molar-refractivity contribution in [3.63, 3.8) is 0 Å². The molecule has 0 heterocycles. The molecule has 0 radical (unpaired) electrons. The second-order valence-electron chi connectivity index (χ2n) is 4.98. The van der Waals surface area contributed by atoms with Gasteiger partial charge < -0.3 is 4.74 Å². The summed E-state index contributed by atoms with van der Waals surface area (Å²) < 4.78 is 54.0. The van der Waals surface area contributed by atoms with E-state index >= 15 is 0 Å². The van der Waals surface area contributed by atoms with Gasteiger partial charge in [0, 0.05) is 0 Å². The van der Waals surface area contributed by atoms with Gasteiger partial charge in [-0.2, -0.15) is 0 Å². The topological polar surface area (TPSA) is 86.5 Å². The summed E-state index contributed by atoms with van der Waals surface area (Å²) in [5.74, 6) is -3.64. The minimum atomic E-state index is -4.25. The molecule has 0 aliphatic rings. The number of esters is 1. The Labute approximate surface area is 122 Å². The molecule has 0 saturated carbocycles. The van der Waals surface area contributed by atoms with E-state index in [1.54, 1.807) is 0 Å². The molecule has 118 valence electrons. The van der Waals surface area contributed by atoms with E-state index in [0.717, 1.165) is 6.42 Å². The van der Waals surface area contributed by atoms with E-state index in [9.17, 15) is 22.0 Å². The SMILES string of the molecule is CC(C)CCCOC(=O)c1cc(S(N)(=O)=O)cc(F)c1F. The van der Waals surface area contributed by atoms with Gasteiger partial charge in [0.1, 0.15) is 0 Å². The molecule has 0 saturated heterocycles. The predicted molar refractivity (Wildman–Crippen MR) is 72.1 cm³/mol. The smallest absolute Gasteiger partial charge is 0.341 e. The van der Waals surface area contributed by atoms with Crippen LogP contribution in [0.1, 0.15) is 37.0 Å². The maximum atomic E-state index is 13.5. The molecule has 2 N–H and O–H groups in total. The third-order valence-electron chi connectivity index (χ3n) is 2.71. The van der Waals surface area contributed by atoms with Gasteiger partial charge in [0.25, 0.3) is 0 Å². The molecule has 0 amide bonds. The first-order valence-electron chi connectivity index (χ1n) is 6.32. The van der Waals surface area contributed by atoms with Crippen LogP contribution in [0.25, 0.3) is 0 Å². The first-order valence-corrected chi connectivity index (χ1v) is 7.86. The molecule has 0 bridgehead atoms. The number of primary sulfonamides is 1. The quantitative estimate of drug-likeness (QED) is 0.643. The van der Waals surface area contributed by atoms with Crippen LogP contribution in [0, 0.1) is 17.6 Å². The van der Waals surface area contributed by atoms with Crippen molar-refractivity contribution in [3.8, 4) is 0 Å². The lowest BCUT2D eigenvalue weighted by molar-refractivity contribution is 0.0488. The van der Waals surface area contributed by atoms with Crippen molar-refractivity contribution >= 4 is 16.0 Å². The second-order valence-corrected chi connectivity index (χ2v) is 6.55. The number of carbonyl (C=O) groups excluding carboxylic acids is 1. The molecular formula is C13H17F2NO4S. The molecule has 0 aliphatic carbocycles. The maximum Gasteiger partial charge on any atom is 0.341 e. The number of rotatable bonds is 6. The van der Waals surface area contributed by atoms with E-state index in [0.29, 0.717) is 24.5 Å². The Bertz CT molecular complexity index is 629. The van der Waals surface area contributed by atoms with Crippen LogP contribution < -0.4 is 5.14 Å². The third kappa shape index (κ3) is 5.05. The highest BCUT2D eigenvalue weighted by Crippen LogP contribution is 2.19. The van der Waals surface area contributed by atoms with Gasteiger partial charge in [0.05, 0.1) is 17.1 Å². The maximum absolute atomic E-state index is 13.5. The predicted octanol–water partition coefficient (Wildman–Crippen LogP) is 2.21. The largest absolute Gasteiger partial charge is 0.462 e. The van der Waals surface area contributed by atoms with Crippen LogP contribution in [0.2, 0.25) is 0 Å². The third-order valence-corrected chi connectivity index (χ3v) is 3.60. The summed E-state index contributed by atoms with van der Waals surface area (Å²) in [4.78, 5) is 11.0. The van der Waals surface area contributed by atoms with Gasteiger partial charge in [-0.3, -0.25) is 0 Å². The summed E-state index contributed by atoms with van der Waals surface area (Å²) in [6.07, 6.45) is 1.38. The van der Waals surface area contributed by atoms with Gasteiger partial charge in [-0.25, -0.2) is 27.1 Å². The van der Waals surface area contributed by atoms with Gasteiger partial charge in [0.2, 0.25) is 10.0 Å². The molecule has 1 rings (SSSR count). The van der Waals surface area contributed by atoms with Crippen LogP contribution in [0.3, 0.4) is 0 Å². The molecule has 0 aromatic heterocycles. The molecular weight excluding hydrogens is 304 g/mol. The Hall–Kier alpha value is -1.54. The van der Waals surface area contributed by atoms with E-state index < -0.39 is 38.1 Å². The van der Waals surface area contributed by atoms with Gasteiger partial charge in [-0.05, 0) is 30.9 Å². The lowest BCUT2D eigenvalue weighted by Gasteiger charge is -2.08. The van der Waals surface area contributed by atoms with Crippen molar-refractivity contribution in [3.05, 3.63) is 29.3 Å². The summed E-state index contributed by atoms with van der Waals surface area (Å²) in [6.45, 7) is 4.02. The van der Waals surface area contributed by atoms with Crippen molar-refractivity contribution in [1.82, 2.24) is 0 Å². The summed E-state index contributed by atoms with van der Waals surface area (Å²) in [5.41, 5.74) is -0.788. The van der Waals surface area contributed by atoms with E-state index in [4.69, 9.17) is 9.88 Å². The molecule has 0 spiro atoms. The summed E-state index contributed by atoms with van der Waals surface area (Å²) in [7, 11) is -4.25. The number of nitrogens with two attached hydrogens (primary N) is 1. The zero-order chi connectivity index (χ0) is 16.2. The first kappa shape index (κ1) is 17.5. The van der Waals surface area contributed by atoms with E-state index in [1.165, 1.54) is 0 Å². The van der Waals surface area contributed by atoms with E-state index in [1.807, 2.05) is 13.8 Å². The molecule has 0 aliphatic heterocycles. The highest BCUT2D eigenvalue weighted by Gasteiger charge is 2.22. The average molecular weight is 321 g/mol. The highest BCUT2D eigenvalue weighted by molar-refractivity contribution is 7.89. The van der Waals surface area contributed by atoms with Crippen molar-refractivity contribution in [2.75, 3.05) is 6.61 Å². The summed E-state index contributed by atoms with van der Waals surface area (Å²) >= 11 is 0. The number of hydrogen-bond acceptors (Lipinski definition) is 4. The normalized spacial score (nSPS) is 11.7. The minimum Gasteiger partial charge on any atom is -0.462 e. The molecule has 0 unspecified atom stereocenters. The Kier molecular flexibility index (Phi) is 5.79. The molecule has 0 fully saturated rings. The number of ether oxygens (including phenoxy) is 1. The molecule has 21 heavy (non-hydrogen) atoms. The second kappa shape index (κ2) is 6.95. The van der Waals surface area contributed by atoms with Crippen molar-refractivity contribution in [2.24, 2.45) is 11.1 Å². The van der Waals surface area contributed by atoms with Crippen LogP contribution >= 0.6 is 0 Å². The van der Waals surface area contributed by atoms with Crippen LogP contribution in [0.5, 0.6) is 0 Å². The standard InChI is InChI=1S/C13H17F2NO4S/c1-8(2)4-3-5-20-13(17)10-6-9(21(16,18)19)7-11(14)12(10)15/h6-8H,3-5H2,1-2H3,(H2,16,18,19). The Balaban J connectivity index is 2.91. The van der Waals surface area contributed by atoms with Crippen LogP contribution in [0.15, 0.2) is 17.0 Å². The highest BCUT2D eigenvalue weighted by atomic mass is 32.2. The summed E-state index contributed by atoms with van der Waals surface area (Å²) in [6, 6.07) is 1.08. The monoisotopic (exact) mass is 321 g/mol. The number of hydrogen-bond donors (Lipinski definition) is 1. The molecule has 1 aromatic rings. The lowest BCUT2D eigenvalue weighted by Crippen LogP contribution is -2.16. The fourth-order valence-corrected chi connectivity index (χ4v) is 2.16. The zero-order valence-electron chi connectivity index (χ0n) is 11.7. The van der Waals surface area contributed by atoms with Crippen molar-refractivity contribution < 1.29 is 26.7 Å². The molecule has 8 heteroatoms. The van der Waals surface area contributed by atoms with Gasteiger partial charge in [0.15, 0.2) is 11.6 Å². The average Bonchev–Trinajstić information content (AvgIpc) is 2.35. The van der Waals surface area contributed by atoms with Crippen LogP contribution in [-0.4, -0.2) is 21.0 Å². The van der Waals surface area contributed by atoms with Gasteiger partial charge in [-0.15, -0.1) is 0 Å². The number of carbonyl (C=O) groups is 1. The fraction of sp³-hybridized carbons (Fsp3) is 0.462. The minimum absolute atomic E-state index is 0.0394. The van der Waals surface area contributed by atoms with Crippen molar-refractivity contribution in [2.45, 2.75) is 31.6 Å². The first-order chi connectivity index (χ1) is 9.62. The van der Waals surface area contributed by atoms with E-state index in [-0.39, 0.29) is 6.61 Å². The number of halogens is 2. The van der Waals surface area contributed by atoms with Crippen LogP contribution in [-0.2, 0) is 14.8 Å². The van der Waals surface area contributed by atoms with Crippen LogP contribution in [0.4, 0.5) is 8.78 Å². The number of sulfonamides is 1. The van der Waals surface area contributed by atoms with Gasteiger partial charge >= 0.3 is 5.97 Å². The fourth-order valence-electron chi connectivity index (χ4n) is 1.61. The Morgan fingerprint density at radius 2 is 1.95 bits per heavy atom. The molecule has 5 nitrogen and oxygen atoms in total. The zero-order valence-corrected chi connectivity index (χ0v) is 12.5. The molecule has 0 atom stereocenters. The Morgan fingerprint density at radius 1 is 1.33 bits per heavy atom. The summed E-state index contributed by atoms with van der Waals surface area (Å²) in [5, 5.41) is 4.83. The molecule has 1 aromatic carbocycles. The van der Waals surface area contributed by atoms with Crippen molar-refractivity contribution in [1.29, 1.82) is 0 Å².